The molecule has 0 saturated carbocycles. The predicted molar refractivity (Wildman–Crippen MR) is 123 cm³/mol. The number of aliphatic imine (C=N–C) groups is 1. The molecule has 2 aliphatic heterocycles. The molecule has 0 aromatic heterocycles. The number of benzene rings is 1. The molecule has 2 heterocycles. The predicted octanol–water partition coefficient (Wildman–Crippen LogP) is 1.46. The van der Waals surface area contributed by atoms with Crippen LogP contribution in [0.1, 0.15) is 37.3 Å². The van der Waals surface area contributed by atoms with Gasteiger partial charge in [0.15, 0.2) is 15.8 Å². The molecule has 0 atom stereocenters. The van der Waals surface area contributed by atoms with Crippen LogP contribution in [0.2, 0.25) is 0 Å². The molecular weight excluding hydrogens is 398 g/mol. The molecule has 8 heteroatoms. The maximum Gasteiger partial charge on any atom is 0.191 e. The number of likely N-dealkylation sites (tertiary alicyclic amines) is 1. The summed E-state index contributed by atoms with van der Waals surface area (Å²) in [6.07, 6.45) is 4.02. The van der Waals surface area contributed by atoms with Crippen LogP contribution >= 0.6 is 0 Å². The summed E-state index contributed by atoms with van der Waals surface area (Å²) < 4.78 is 23.1. The van der Waals surface area contributed by atoms with Gasteiger partial charge in [-0.05, 0) is 44.0 Å². The fourth-order valence-electron chi connectivity index (χ4n) is 3.94. The number of sulfone groups is 1. The quantitative estimate of drug-likeness (QED) is 0.476. The first kappa shape index (κ1) is 23.0. The van der Waals surface area contributed by atoms with Gasteiger partial charge in [-0.2, -0.15) is 0 Å². The van der Waals surface area contributed by atoms with E-state index in [1.165, 1.54) is 43.5 Å². The zero-order chi connectivity index (χ0) is 21.2. The van der Waals surface area contributed by atoms with Gasteiger partial charge in [-0.3, -0.25) is 9.80 Å². The zero-order valence-electron chi connectivity index (χ0n) is 18.3. The van der Waals surface area contributed by atoms with E-state index >= 15 is 0 Å². The van der Waals surface area contributed by atoms with Crippen molar-refractivity contribution in [3.8, 4) is 0 Å². The van der Waals surface area contributed by atoms with E-state index in [4.69, 9.17) is 4.99 Å². The van der Waals surface area contributed by atoms with Crippen molar-refractivity contribution in [2.75, 3.05) is 57.3 Å². The number of hydrogen-bond donors (Lipinski definition) is 2. The van der Waals surface area contributed by atoms with E-state index < -0.39 is 9.84 Å². The molecule has 2 aliphatic rings. The Morgan fingerprint density at radius 1 is 0.933 bits per heavy atom. The third kappa shape index (κ3) is 7.89. The minimum atomic E-state index is -2.82. The number of rotatable bonds is 8. The van der Waals surface area contributed by atoms with Crippen molar-refractivity contribution in [1.29, 1.82) is 0 Å². The maximum atomic E-state index is 11.5. The minimum Gasteiger partial charge on any atom is -0.357 e. The van der Waals surface area contributed by atoms with Crippen molar-refractivity contribution < 1.29 is 8.42 Å². The Kier molecular flexibility index (Phi) is 8.96. The second-order valence-electron chi connectivity index (χ2n) is 8.27. The van der Waals surface area contributed by atoms with Gasteiger partial charge in [-0.25, -0.2) is 13.4 Å². The van der Waals surface area contributed by atoms with E-state index in [0.29, 0.717) is 19.6 Å². The molecule has 2 saturated heterocycles. The number of piperidine rings is 1. The van der Waals surface area contributed by atoms with Crippen LogP contribution in [-0.4, -0.2) is 81.5 Å². The lowest BCUT2D eigenvalue weighted by Crippen LogP contribution is -2.45. The van der Waals surface area contributed by atoms with Crippen molar-refractivity contribution in [2.45, 2.75) is 39.3 Å². The van der Waals surface area contributed by atoms with E-state index in [9.17, 15) is 8.42 Å². The number of nitrogens with one attached hydrogen (secondary N) is 2. The Hall–Kier alpha value is -1.64. The van der Waals surface area contributed by atoms with Crippen LogP contribution in [0, 0.1) is 0 Å². The fourth-order valence-corrected chi connectivity index (χ4v) is 5.22. The zero-order valence-corrected chi connectivity index (χ0v) is 19.1. The van der Waals surface area contributed by atoms with E-state index in [0.717, 1.165) is 32.1 Å². The van der Waals surface area contributed by atoms with Crippen LogP contribution in [0.15, 0.2) is 29.3 Å². The average Bonchev–Trinajstić information content (AvgIpc) is 2.75. The molecule has 0 amide bonds. The van der Waals surface area contributed by atoms with Crippen LogP contribution in [0.3, 0.4) is 0 Å². The summed E-state index contributed by atoms with van der Waals surface area (Å²) >= 11 is 0. The molecule has 7 nitrogen and oxygen atoms in total. The third-order valence-corrected chi connectivity index (χ3v) is 7.41. The number of nitrogens with zero attached hydrogens (tertiary/aromatic N) is 3. The SMILES string of the molecule is CCNC(=NCc1ccc(CN2CCCCC2)cc1)NCCN1CCS(=O)(=O)CC1. The number of guanidine groups is 1. The van der Waals surface area contributed by atoms with Gasteiger partial charge >= 0.3 is 0 Å². The smallest absolute Gasteiger partial charge is 0.191 e. The average molecular weight is 436 g/mol. The molecule has 1 aromatic carbocycles. The molecule has 2 fully saturated rings. The highest BCUT2D eigenvalue weighted by atomic mass is 32.2. The Labute approximate surface area is 181 Å². The summed E-state index contributed by atoms with van der Waals surface area (Å²) in [6, 6.07) is 8.81. The Morgan fingerprint density at radius 3 is 2.27 bits per heavy atom. The van der Waals surface area contributed by atoms with Gasteiger partial charge in [0.05, 0.1) is 18.1 Å². The summed E-state index contributed by atoms with van der Waals surface area (Å²) in [6.45, 7) is 9.82. The molecule has 0 aliphatic carbocycles. The molecule has 0 unspecified atom stereocenters. The molecule has 0 radical (unpaired) electrons. The van der Waals surface area contributed by atoms with Gasteiger partial charge in [0.25, 0.3) is 0 Å². The molecule has 1 aromatic rings. The molecule has 2 N–H and O–H groups in total. The normalized spacial score (nSPS) is 20.8. The van der Waals surface area contributed by atoms with Crippen LogP contribution < -0.4 is 10.6 Å². The van der Waals surface area contributed by atoms with Gasteiger partial charge in [0, 0.05) is 39.3 Å². The highest BCUT2D eigenvalue weighted by Gasteiger charge is 2.20. The summed E-state index contributed by atoms with van der Waals surface area (Å²) in [4.78, 5) is 9.44. The van der Waals surface area contributed by atoms with Crippen LogP contribution in [0.5, 0.6) is 0 Å². The highest BCUT2D eigenvalue weighted by Crippen LogP contribution is 2.14. The fraction of sp³-hybridized carbons (Fsp3) is 0.682. The van der Waals surface area contributed by atoms with Crippen molar-refractivity contribution in [1.82, 2.24) is 20.4 Å². The first-order valence-electron chi connectivity index (χ1n) is 11.3. The topological polar surface area (TPSA) is 77.0 Å². The van der Waals surface area contributed by atoms with Gasteiger partial charge in [0.1, 0.15) is 0 Å². The lowest BCUT2D eigenvalue weighted by Gasteiger charge is -2.26. The summed E-state index contributed by atoms with van der Waals surface area (Å²) in [5.74, 6) is 1.35. The van der Waals surface area contributed by atoms with Gasteiger partial charge in [-0.15, -0.1) is 0 Å². The lowest BCUT2D eigenvalue weighted by atomic mass is 10.1. The van der Waals surface area contributed by atoms with E-state index in [1.54, 1.807) is 0 Å². The second-order valence-corrected chi connectivity index (χ2v) is 10.6. The molecule has 30 heavy (non-hydrogen) atoms. The summed E-state index contributed by atoms with van der Waals surface area (Å²) in [5.41, 5.74) is 2.58. The van der Waals surface area contributed by atoms with Crippen LogP contribution in [0.4, 0.5) is 0 Å². The Balaban J connectivity index is 1.43. The van der Waals surface area contributed by atoms with E-state index in [1.807, 2.05) is 0 Å². The van der Waals surface area contributed by atoms with Crippen molar-refractivity contribution in [3.63, 3.8) is 0 Å². The highest BCUT2D eigenvalue weighted by molar-refractivity contribution is 7.91. The first-order valence-corrected chi connectivity index (χ1v) is 13.1. The van der Waals surface area contributed by atoms with E-state index in [-0.39, 0.29) is 11.5 Å². The second kappa shape index (κ2) is 11.7. The first-order chi connectivity index (χ1) is 14.5. The monoisotopic (exact) mass is 435 g/mol. The molecule has 0 spiro atoms. The van der Waals surface area contributed by atoms with Gasteiger partial charge in [-0.1, -0.05) is 30.7 Å². The van der Waals surface area contributed by atoms with Crippen molar-refractivity contribution >= 4 is 15.8 Å². The third-order valence-electron chi connectivity index (χ3n) is 5.80. The van der Waals surface area contributed by atoms with E-state index in [2.05, 4.69) is 51.6 Å². The molecular formula is C22H37N5O2S. The molecule has 168 valence electrons. The number of hydrogen-bond acceptors (Lipinski definition) is 5. The summed E-state index contributed by atoms with van der Waals surface area (Å²) in [7, 11) is -2.82. The molecule has 3 rings (SSSR count). The Bertz CT molecular complexity index is 759. The minimum absolute atomic E-state index is 0.273. The maximum absolute atomic E-state index is 11.5. The Morgan fingerprint density at radius 2 is 1.60 bits per heavy atom. The standard InChI is InChI=1S/C22H37N5O2S/c1-2-23-22(24-10-13-26-14-16-30(28,29)17-15-26)25-18-20-6-8-21(9-7-20)19-27-11-4-3-5-12-27/h6-9H,2-5,10-19H2,1H3,(H2,23,24,25). The lowest BCUT2D eigenvalue weighted by molar-refractivity contribution is 0.221. The molecule has 0 bridgehead atoms. The largest absolute Gasteiger partial charge is 0.357 e. The van der Waals surface area contributed by atoms with Crippen molar-refractivity contribution in [3.05, 3.63) is 35.4 Å². The van der Waals surface area contributed by atoms with Crippen LogP contribution in [0.25, 0.3) is 0 Å². The van der Waals surface area contributed by atoms with Crippen molar-refractivity contribution in [2.24, 2.45) is 4.99 Å². The van der Waals surface area contributed by atoms with Gasteiger partial charge < -0.3 is 10.6 Å². The van der Waals surface area contributed by atoms with Crippen LogP contribution in [-0.2, 0) is 22.9 Å². The van der Waals surface area contributed by atoms with Gasteiger partial charge in [0.2, 0.25) is 0 Å². The summed E-state index contributed by atoms with van der Waals surface area (Å²) in [5, 5.41) is 6.65.